The van der Waals surface area contributed by atoms with Crippen LogP contribution in [0.3, 0.4) is 0 Å². The van der Waals surface area contributed by atoms with Crippen molar-refractivity contribution < 1.29 is 9.18 Å². The Hall–Kier alpha value is -2.99. The van der Waals surface area contributed by atoms with Crippen LogP contribution in [0, 0.1) is 12.7 Å². The average molecular weight is 371 g/mol. The molecule has 0 spiro atoms. The van der Waals surface area contributed by atoms with Crippen LogP contribution in [-0.2, 0) is 6.54 Å². The Bertz CT molecular complexity index is 948. The molecular formula is C19H16ClFN4O. The van der Waals surface area contributed by atoms with Crippen molar-refractivity contribution in [1.82, 2.24) is 15.3 Å². The lowest BCUT2D eigenvalue weighted by atomic mass is 10.2. The first kappa shape index (κ1) is 17.8. The summed E-state index contributed by atoms with van der Waals surface area (Å²) < 4.78 is 13.8. The van der Waals surface area contributed by atoms with Crippen molar-refractivity contribution in [2.75, 3.05) is 5.32 Å². The molecule has 1 amide bonds. The van der Waals surface area contributed by atoms with Crippen molar-refractivity contribution in [1.29, 1.82) is 0 Å². The van der Waals surface area contributed by atoms with Crippen LogP contribution in [-0.4, -0.2) is 15.9 Å². The number of nitrogens with one attached hydrogen (secondary N) is 2. The number of hydrogen-bond acceptors (Lipinski definition) is 4. The van der Waals surface area contributed by atoms with E-state index in [1.54, 1.807) is 31.2 Å². The van der Waals surface area contributed by atoms with Gasteiger partial charge in [0.15, 0.2) is 0 Å². The Balaban J connectivity index is 1.75. The monoisotopic (exact) mass is 370 g/mol. The maximum atomic E-state index is 13.8. The van der Waals surface area contributed by atoms with Gasteiger partial charge in [0.2, 0.25) is 0 Å². The lowest BCUT2D eigenvalue weighted by molar-refractivity contribution is 0.0945. The highest BCUT2D eigenvalue weighted by molar-refractivity contribution is 6.31. The van der Waals surface area contributed by atoms with Gasteiger partial charge >= 0.3 is 0 Å². The second-order valence-corrected chi connectivity index (χ2v) is 5.97. The fraction of sp³-hybridized carbons (Fsp3) is 0.105. The van der Waals surface area contributed by atoms with Gasteiger partial charge in [0.05, 0.1) is 5.69 Å². The van der Waals surface area contributed by atoms with Gasteiger partial charge in [-0.05, 0) is 30.7 Å². The van der Waals surface area contributed by atoms with Crippen LogP contribution in [0.2, 0.25) is 5.02 Å². The SMILES string of the molecule is Cc1nc(Nc2ccccc2F)cc(C(=O)NCc2ccccc2Cl)n1. The molecule has 2 N–H and O–H groups in total. The van der Waals surface area contributed by atoms with Gasteiger partial charge in [0, 0.05) is 17.6 Å². The number of rotatable bonds is 5. The highest BCUT2D eigenvalue weighted by Crippen LogP contribution is 2.19. The molecule has 1 aromatic heterocycles. The number of hydrogen-bond donors (Lipinski definition) is 2. The molecule has 0 unspecified atom stereocenters. The summed E-state index contributed by atoms with van der Waals surface area (Å²) in [6.07, 6.45) is 0. The Morgan fingerprint density at radius 2 is 1.85 bits per heavy atom. The van der Waals surface area contributed by atoms with E-state index in [2.05, 4.69) is 20.6 Å². The topological polar surface area (TPSA) is 66.9 Å². The molecule has 0 bridgehead atoms. The normalized spacial score (nSPS) is 10.4. The first-order chi connectivity index (χ1) is 12.5. The molecule has 2 aromatic carbocycles. The van der Waals surface area contributed by atoms with E-state index in [9.17, 15) is 9.18 Å². The minimum atomic E-state index is -0.409. The number of halogens is 2. The largest absolute Gasteiger partial charge is 0.347 e. The van der Waals surface area contributed by atoms with Gasteiger partial charge in [-0.3, -0.25) is 4.79 Å². The standard InChI is InChI=1S/C19H16ClFN4O/c1-12-23-17(19(26)22-11-13-6-2-3-7-14(13)20)10-18(24-12)25-16-9-5-4-8-15(16)21/h2-10H,11H2,1H3,(H,22,26)(H,23,24,25). The van der Waals surface area contributed by atoms with E-state index in [1.165, 1.54) is 12.1 Å². The molecule has 5 nitrogen and oxygen atoms in total. The van der Waals surface area contributed by atoms with E-state index < -0.39 is 5.82 Å². The fourth-order valence-corrected chi connectivity index (χ4v) is 2.56. The van der Waals surface area contributed by atoms with E-state index in [0.29, 0.717) is 16.7 Å². The number of carbonyl (C=O) groups is 1. The predicted octanol–water partition coefficient (Wildman–Crippen LogP) is 4.25. The van der Waals surface area contributed by atoms with Crippen molar-refractivity contribution >= 4 is 29.0 Å². The minimum Gasteiger partial charge on any atom is -0.347 e. The van der Waals surface area contributed by atoms with Crippen LogP contribution < -0.4 is 10.6 Å². The van der Waals surface area contributed by atoms with Crippen molar-refractivity contribution in [3.63, 3.8) is 0 Å². The molecule has 0 aliphatic heterocycles. The molecular weight excluding hydrogens is 355 g/mol. The van der Waals surface area contributed by atoms with Crippen molar-refractivity contribution in [2.45, 2.75) is 13.5 Å². The smallest absolute Gasteiger partial charge is 0.270 e. The Morgan fingerprint density at radius 3 is 2.62 bits per heavy atom. The van der Waals surface area contributed by atoms with E-state index in [4.69, 9.17) is 11.6 Å². The van der Waals surface area contributed by atoms with E-state index in [0.717, 1.165) is 5.56 Å². The molecule has 0 saturated heterocycles. The second kappa shape index (κ2) is 7.93. The number of aryl methyl sites for hydroxylation is 1. The summed E-state index contributed by atoms with van der Waals surface area (Å²) in [5.74, 6) is -0.0415. The molecule has 3 aromatic rings. The quantitative estimate of drug-likeness (QED) is 0.704. The van der Waals surface area contributed by atoms with Gasteiger partial charge in [-0.15, -0.1) is 0 Å². The lowest BCUT2D eigenvalue weighted by Crippen LogP contribution is -2.24. The maximum Gasteiger partial charge on any atom is 0.270 e. The van der Waals surface area contributed by atoms with E-state index in [-0.39, 0.29) is 23.8 Å². The first-order valence-electron chi connectivity index (χ1n) is 7.92. The first-order valence-corrected chi connectivity index (χ1v) is 8.29. The summed E-state index contributed by atoms with van der Waals surface area (Å²) >= 11 is 6.09. The zero-order valence-corrected chi connectivity index (χ0v) is 14.7. The number of anilines is 2. The van der Waals surface area contributed by atoms with Crippen LogP contribution in [0.1, 0.15) is 21.9 Å². The summed E-state index contributed by atoms with van der Waals surface area (Å²) in [6.45, 7) is 1.94. The summed E-state index contributed by atoms with van der Waals surface area (Å²) in [4.78, 5) is 20.7. The summed E-state index contributed by atoms with van der Waals surface area (Å²) in [6, 6.07) is 15.0. The number of amides is 1. The van der Waals surface area contributed by atoms with Crippen LogP contribution >= 0.6 is 11.6 Å². The number of nitrogens with zero attached hydrogens (tertiary/aromatic N) is 2. The molecule has 7 heteroatoms. The Morgan fingerprint density at radius 1 is 1.12 bits per heavy atom. The zero-order valence-electron chi connectivity index (χ0n) is 14.0. The summed E-state index contributed by atoms with van der Waals surface area (Å²) in [5.41, 5.74) is 1.26. The minimum absolute atomic E-state index is 0.184. The van der Waals surface area contributed by atoms with Crippen LogP contribution in [0.15, 0.2) is 54.6 Å². The highest BCUT2D eigenvalue weighted by atomic mass is 35.5. The fourth-order valence-electron chi connectivity index (χ4n) is 2.36. The van der Waals surface area contributed by atoms with Crippen molar-refractivity contribution in [3.05, 3.63) is 82.5 Å². The van der Waals surface area contributed by atoms with Crippen LogP contribution in [0.5, 0.6) is 0 Å². The van der Waals surface area contributed by atoms with E-state index >= 15 is 0 Å². The molecule has 0 saturated carbocycles. The molecule has 0 radical (unpaired) electrons. The predicted molar refractivity (Wildman–Crippen MR) is 99.1 cm³/mol. The highest BCUT2D eigenvalue weighted by Gasteiger charge is 2.12. The van der Waals surface area contributed by atoms with E-state index in [1.807, 2.05) is 18.2 Å². The van der Waals surface area contributed by atoms with Crippen LogP contribution in [0.25, 0.3) is 0 Å². The Labute approximate surface area is 155 Å². The summed E-state index contributed by atoms with van der Waals surface area (Å²) in [5, 5.41) is 6.21. The third kappa shape index (κ3) is 4.34. The second-order valence-electron chi connectivity index (χ2n) is 5.56. The van der Waals surface area contributed by atoms with Gasteiger partial charge < -0.3 is 10.6 Å². The lowest BCUT2D eigenvalue weighted by Gasteiger charge is -2.10. The molecule has 132 valence electrons. The molecule has 0 atom stereocenters. The molecule has 0 fully saturated rings. The summed E-state index contributed by atoms with van der Waals surface area (Å²) in [7, 11) is 0. The Kier molecular flexibility index (Phi) is 5.43. The number of carbonyl (C=O) groups excluding carboxylic acids is 1. The molecule has 1 heterocycles. The third-order valence-corrected chi connectivity index (χ3v) is 3.97. The molecule has 0 aliphatic carbocycles. The van der Waals surface area contributed by atoms with Gasteiger partial charge in [-0.25, -0.2) is 14.4 Å². The average Bonchev–Trinajstić information content (AvgIpc) is 2.62. The van der Waals surface area contributed by atoms with Gasteiger partial charge in [0.1, 0.15) is 23.2 Å². The zero-order chi connectivity index (χ0) is 18.5. The van der Waals surface area contributed by atoms with Crippen molar-refractivity contribution in [3.8, 4) is 0 Å². The van der Waals surface area contributed by atoms with Gasteiger partial charge in [0.25, 0.3) is 5.91 Å². The molecule has 0 aliphatic rings. The van der Waals surface area contributed by atoms with Gasteiger partial charge in [-0.2, -0.15) is 0 Å². The number of aromatic nitrogens is 2. The van der Waals surface area contributed by atoms with Crippen LogP contribution in [0.4, 0.5) is 15.9 Å². The molecule has 26 heavy (non-hydrogen) atoms. The molecule has 3 rings (SSSR count). The van der Waals surface area contributed by atoms with Gasteiger partial charge in [-0.1, -0.05) is 41.9 Å². The number of para-hydroxylation sites is 1. The van der Waals surface area contributed by atoms with Crippen molar-refractivity contribution in [2.24, 2.45) is 0 Å². The third-order valence-electron chi connectivity index (χ3n) is 3.60. The number of benzene rings is 2. The maximum absolute atomic E-state index is 13.8.